The first-order valence-electron chi connectivity index (χ1n) is 5.12. The van der Waals surface area contributed by atoms with Crippen molar-refractivity contribution in [2.75, 3.05) is 0 Å². The van der Waals surface area contributed by atoms with Crippen molar-refractivity contribution in [2.45, 2.75) is 0 Å². The molecule has 0 radical (unpaired) electrons. The Bertz CT molecular complexity index is 791. The predicted molar refractivity (Wildman–Crippen MR) is 96.0 cm³/mol. The molecule has 96 valence electrons. The summed E-state index contributed by atoms with van der Waals surface area (Å²) in [7, 11) is 0. The maximum Gasteiger partial charge on any atom is 0.163 e. The van der Waals surface area contributed by atoms with Crippen LogP contribution in [0, 0.1) is 3.57 Å². The Morgan fingerprint density at radius 2 is 1.95 bits per heavy atom. The zero-order valence-electron chi connectivity index (χ0n) is 9.12. The second-order valence-corrected chi connectivity index (χ2v) is 9.09. The highest BCUT2D eigenvalue weighted by molar-refractivity contribution is 14.1. The minimum absolute atomic E-state index is 0.479. The minimum atomic E-state index is 0.479. The molecule has 0 saturated heterocycles. The van der Waals surface area contributed by atoms with Crippen LogP contribution in [0.4, 0.5) is 0 Å². The topological polar surface area (TPSA) is 25.8 Å². The number of aromatic nitrogens is 2. The van der Waals surface area contributed by atoms with Crippen molar-refractivity contribution in [3.63, 3.8) is 0 Å². The lowest BCUT2D eigenvalue weighted by atomic mass is 10.2. The van der Waals surface area contributed by atoms with Gasteiger partial charge in [-0.15, -0.1) is 11.3 Å². The molecule has 0 aliphatic rings. The average molecular weight is 530 g/mol. The summed E-state index contributed by atoms with van der Waals surface area (Å²) in [6, 6.07) is 7.94. The van der Waals surface area contributed by atoms with Gasteiger partial charge in [-0.25, -0.2) is 9.97 Å². The quantitative estimate of drug-likeness (QED) is 0.279. The van der Waals surface area contributed by atoms with Crippen LogP contribution >= 0.6 is 77.4 Å². The second-order valence-electron chi connectivity index (χ2n) is 3.74. The lowest BCUT2D eigenvalue weighted by Gasteiger charge is -2.04. The molecule has 7 heteroatoms. The zero-order valence-corrected chi connectivity index (χ0v) is 16.0. The van der Waals surface area contributed by atoms with Gasteiger partial charge in [-0.2, -0.15) is 0 Å². The van der Waals surface area contributed by atoms with Crippen molar-refractivity contribution in [1.29, 1.82) is 0 Å². The van der Waals surface area contributed by atoms with Gasteiger partial charge in [0.05, 0.1) is 13.1 Å². The van der Waals surface area contributed by atoms with Gasteiger partial charge in [0, 0.05) is 14.5 Å². The summed E-state index contributed by atoms with van der Waals surface area (Å²) in [5, 5.41) is 1.36. The molecule has 3 aromatic rings. The number of nitrogens with zero attached hydrogens (tertiary/aromatic N) is 2. The van der Waals surface area contributed by atoms with E-state index in [0.29, 0.717) is 11.0 Å². The van der Waals surface area contributed by atoms with E-state index >= 15 is 0 Å². The van der Waals surface area contributed by atoms with Crippen molar-refractivity contribution < 1.29 is 0 Å². The van der Waals surface area contributed by atoms with E-state index < -0.39 is 0 Å². The first-order chi connectivity index (χ1) is 9.04. The van der Waals surface area contributed by atoms with Gasteiger partial charge in [-0.3, -0.25) is 0 Å². The summed E-state index contributed by atoms with van der Waals surface area (Å²) in [4.78, 5) is 8.97. The number of fused-ring (bicyclic) bond motifs is 1. The third kappa shape index (κ3) is 2.83. The van der Waals surface area contributed by atoms with Crippen molar-refractivity contribution in [1.82, 2.24) is 9.97 Å². The lowest BCUT2D eigenvalue weighted by molar-refractivity contribution is 1.23. The van der Waals surface area contributed by atoms with E-state index in [2.05, 4.69) is 64.4 Å². The van der Waals surface area contributed by atoms with E-state index in [0.717, 1.165) is 27.6 Å². The fraction of sp³-hybridized carbons (Fsp3) is 0. The molecule has 0 aliphatic carbocycles. The summed E-state index contributed by atoms with van der Waals surface area (Å²) in [5.41, 5.74) is 1.80. The van der Waals surface area contributed by atoms with Crippen molar-refractivity contribution in [3.05, 3.63) is 40.6 Å². The molecule has 0 atom stereocenters. The minimum Gasteiger partial charge on any atom is -0.228 e. The Balaban J connectivity index is 2.26. The fourth-order valence-corrected chi connectivity index (χ4v) is 5.19. The standard InChI is InChI=1S/C12H4Br2ClIN2S/c13-9-4-7(10(14)19-9)12-17-8-2-1-5(16)3-6(8)11(15)18-12/h1-4H. The Labute approximate surface area is 149 Å². The molecule has 0 unspecified atom stereocenters. The molecular formula is C12H4Br2ClIN2S. The molecule has 2 nitrogen and oxygen atoms in total. The Morgan fingerprint density at radius 3 is 2.63 bits per heavy atom. The lowest BCUT2D eigenvalue weighted by Crippen LogP contribution is -1.91. The van der Waals surface area contributed by atoms with E-state index in [9.17, 15) is 0 Å². The molecule has 2 aromatic heterocycles. The van der Waals surface area contributed by atoms with Crippen LogP contribution in [0.5, 0.6) is 0 Å². The van der Waals surface area contributed by atoms with Gasteiger partial charge in [-0.05, 0) is 78.7 Å². The number of benzene rings is 1. The normalized spacial score (nSPS) is 11.2. The van der Waals surface area contributed by atoms with Crippen molar-refractivity contribution >= 4 is 88.3 Å². The highest BCUT2D eigenvalue weighted by Crippen LogP contribution is 2.38. The van der Waals surface area contributed by atoms with Gasteiger partial charge in [0.1, 0.15) is 5.15 Å². The third-order valence-electron chi connectivity index (χ3n) is 2.51. The van der Waals surface area contributed by atoms with Gasteiger partial charge in [0.15, 0.2) is 5.82 Å². The summed E-state index contributed by atoms with van der Waals surface area (Å²) < 4.78 is 3.12. The molecule has 1 aromatic carbocycles. The van der Waals surface area contributed by atoms with Crippen LogP contribution in [0.15, 0.2) is 31.8 Å². The summed E-state index contributed by atoms with van der Waals surface area (Å²) in [6.45, 7) is 0. The van der Waals surface area contributed by atoms with E-state index in [1.165, 1.54) is 0 Å². The Morgan fingerprint density at radius 1 is 1.16 bits per heavy atom. The van der Waals surface area contributed by atoms with Crippen molar-refractivity contribution in [3.8, 4) is 11.4 Å². The fourth-order valence-electron chi connectivity index (χ4n) is 1.68. The maximum absolute atomic E-state index is 6.27. The van der Waals surface area contributed by atoms with Gasteiger partial charge in [0.25, 0.3) is 0 Å². The highest BCUT2D eigenvalue weighted by Gasteiger charge is 2.13. The number of rotatable bonds is 1. The molecule has 0 amide bonds. The van der Waals surface area contributed by atoms with Gasteiger partial charge >= 0.3 is 0 Å². The number of thiophene rings is 1. The highest BCUT2D eigenvalue weighted by atomic mass is 127. The first-order valence-corrected chi connectivity index (χ1v) is 8.98. The van der Waals surface area contributed by atoms with Crippen LogP contribution < -0.4 is 0 Å². The molecule has 2 heterocycles. The molecule has 0 spiro atoms. The molecular weight excluding hydrogens is 526 g/mol. The van der Waals surface area contributed by atoms with Crippen LogP contribution in [0.25, 0.3) is 22.3 Å². The second kappa shape index (κ2) is 5.55. The Hall–Kier alpha value is 0.240. The number of halogens is 4. The van der Waals surface area contributed by atoms with E-state index in [1.807, 2.05) is 24.3 Å². The molecule has 3 rings (SSSR count). The maximum atomic E-state index is 6.27. The van der Waals surface area contributed by atoms with Crippen LogP contribution in [0.2, 0.25) is 5.15 Å². The average Bonchev–Trinajstić information content (AvgIpc) is 2.69. The van der Waals surface area contributed by atoms with Crippen LogP contribution in [0.3, 0.4) is 0 Å². The van der Waals surface area contributed by atoms with Crippen LogP contribution in [-0.4, -0.2) is 9.97 Å². The number of hydrogen-bond donors (Lipinski definition) is 0. The van der Waals surface area contributed by atoms with E-state index in [4.69, 9.17) is 11.6 Å². The molecule has 19 heavy (non-hydrogen) atoms. The zero-order chi connectivity index (χ0) is 13.6. The summed E-state index contributed by atoms with van der Waals surface area (Å²) in [6.07, 6.45) is 0. The smallest absolute Gasteiger partial charge is 0.163 e. The van der Waals surface area contributed by atoms with Gasteiger partial charge in [-0.1, -0.05) is 11.6 Å². The Kier molecular flexibility index (Phi) is 4.15. The predicted octanol–water partition coefficient (Wildman–Crippen LogP) is 6.14. The molecule has 0 aliphatic heterocycles. The largest absolute Gasteiger partial charge is 0.228 e. The van der Waals surface area contributed by atoms with E-state index in [-0.39, 0.29) is 0 Å². The monoisotopic (exact) mass is 528 g/mol. The van der Waals surface area contributed by atoms with Crippen molar-refractivity contribution in [2.24, 2.45) is 0 Å². The first kappa shape index (κ1) is 14.2. The van der Waals surface area contributed by atoms with Gasteiger partial charge in [0.2, 0.25) is 0 Å². The SMILES string of the molecule is Clc1nc(-c2cc(Br)sc2Br)nc2ccc(I)cc12. The summed E-state index contributed by atoms with van der Waals surface area (Å²) >= 11 is 17.1. The number of hydrogen-bond acceptors (Lipinski definition) is 3. The van der Waals surface area contributed by atoms with Crippen LogP contribution in [0.1, 0.15) is 0 Å². The van der Waals surface area contributed by atoms with E-state index in [1.54, 1.807) is 11.3 Å². The van der Waals surface area contributed by atoms with Gasteiger partial charge < -0.3 is 0 Å². The van der Waals surface area contributed by atoms with Crippen LogP contribution in [-0.2, 0) is 0 Å². The molecule has 0 fully saturated rings. The summed E-state index contributed by atoms with van der Waals surface area (Å²) in [5.74, 6) is 0.632. The molecule has 0 bridgehead atoms. The molecule has 0 N–H and O–H groups in total. The third-order valence-corrected chi connectivity index (χ3v) is 5.81. The molecule has 0 saturated carbocycles.